The lowest BCUT2D eigenvalue weighted by atomic mass is 10.2. The first kappa shape index (κ1) is 13.8. The molecule has 0 atom stereocenters. The number of rotatable bonds is 3. The van der Waals surface area contributed by atoms with E-state index in [9.17, 15) is 4.79 Å². The summed E-state index contributed by atoms with van der Waals surface area (Å²) in [5.41, 5.74) is 2.11. The zero-order chi connectivity index (χ0) is 13.0. The Kier molecular flexibility index (Phi) is 4.96. The molecule has 1 heterocycles. The van der Waals surface area contributed by atoms with Crippen molar-refractivity contribution >= 4 is 34.2 Å². The highest BCUT2D eigenvalue weighted by Gasteiger charge is 2.13. The Hall–Kier alpha value is -0.660. The molecule has 0 bridgehead atoms. The second-order valence-electron chi connectivity index (χ2n) is 4.54. The van der Waals surface area contributed by atoms with Crippen LogP contribution in [0.15, 0.2) is 18.2 Å². The van der Waals surface area contributed by atoms with Crippen LogP contribution in [0.5, 0.6) is 0 Å². The third kappa shape index (κ3) is 3.93. The maximum atomic E-state index is 11.9. The lowest BCUT2D eigenvalue weighted by Crippen LogP contribution is -2.46. The summed E-state index contributed by atoms with van der Waals surface area (Å²) in [6.07, 6.45) is 0. The van der Waals surface area contributed by atoms with Gasteiger partial charge in [-0.2, -0.15) is 0 Å². The number of aryl methyl sites for hydroxylation is 1. The normalized spacial score (nSPS) is 16.6. The number of hydrogen-bond donors (Lipinski definition) is 2. The number of hydrogen-bond acceptors (Lipinski definition) is 3. The molecule has 98 valence electrons. The third-order valence-electron chi connectivity index (χ3n) is 3.03. The van der Waals surface area contributed by atoms with Crippen LogP contribution in [0, 0.1) is 10.5 Å². The summed E-state index contributed by atoms with van der Waals surface area (Å²) in [4.78, 5) is 14.1. The van der Waals surface area contributed by atoms with Gasteiger partial charge in [0.25, 0.3) is 0 Å². The van der Waals surface area contributed by atoms with Crippen molar-refractivity contribution in [2.24, 2.45) is 0 Å². The van der Waals surface area contributed by atoms with Gasteiger partial charge in [0.15, 0.2) is 0 Å². The Morgan fingerprint density at radius 1 is 1.44 bits per heavy atom. The Labute approximate surface area is 121 Å². The molecule has 1 aromatic rings. The van der Waals surface area contributed by atoms with Gasteiger partial charge in [-0.15, -0.1) is 0 Å². The minimum Gasteiger partial charge on any atom is -0.325 e. The summed E-state index contributed by atoms with van der Waals surface area (Å²) in [5.74, 6) is 0.0663. The lowest BCUT2D eigenvalue weighted by molar-refractivity contribution is -0.117. The number of nitrogens with one attached hydrogen (secondary N) is 2. The molecule has 1 aromatic carbocycles. The van der Waals surface area contributed by atoms with Crippen molar-refractivity contribution in [2.45, 2.75) is 6.92 Å². The molecule has 4 nitrogen and oxygen atoms in total. The van der Waals surface area contributed by atoms with Crippen molar-refractivity contribution in [3.05, 3.63) is 27.3 Å². The smallest absolute Gasteiger partial charge is 0.238 e. The van der Waals surface area contributed by atoms with Crippen LogP contribution in [0.2, 0.25) is 0 Å². The number of amides is 1. The molecule has 2 N–H and O–H groups in total. The summed E-state index contributed by atoms with van der Waals surface area (Å²) in [7, 11) is 0. The molecule has 0 aliphatic carbocycles. The fourth-order valence-corrected chi connectivity index (χ4v) is 2.46. The SMILES string of the molecule is Cc1ccc(NC(=O)CN2CCNCC2)cc1I. The summed E-state index contributed by atoms with van der Waals surface area (Å²) < 4.78 is 1.17. The van der Waals surface area contributed by atoms with Gasteiger partial charge < -0.3 is 10.6 Å². The van der Waals surface area contributed by atoms with E-state index < -0.39 is 0 Å². The van der Waals surface area contributed by atoms with Crippen LogP contribution < -0.4 is 10.6 Å². The molecule has 18 heavy (non-hydrogen) atoms. The monoisotopic (exact) mass is 359 g/mol. The number of benzene rings is 1. The fourth-order valence-electron chi connectivity index (χ4n) is 1.94. The van der Waals surface area contributed by atoms with Crippen LogP contribution in [0.3, 0.4) is 0 Å². The van der Waals surface area contributed by atoms with Gasteiger partial charge >= 0.3 is 0 Å². The van der Waals surface area contributed by atoms with E-state index in [-0.39, 0.29) is 5.91 Å². The number of halogens is 1. The molecule has 0 saturated carbocycles. The lowest BCUT2D eigenvalue weighted by Gasteiger charge is -2.26. The predicted molar refractivity (Wildman–Crippen MR) is 81.8 cm³/mol. The van der Waals surface area contributed by atoms with Crippen molar-refractivity contribution < 1.29 is 4.79 Å². The number of carbonyl (C=O) groups is 1. The van der Waals surface area contributed by atoms with E-state index in [1.54, 1.807) is 0 Å². The van der Waals surface area contributed by atoms with E-state index in [0.717, 1.165) is 31.9 Å². The van der Waals surface area contributed by atoms with E-state index >= 15 is 0 Å². The topological polar surface area (TPSA) is 44.4 Å². The number of anilines is 1. The summed E-state index contributed by atoms with van der Waals surface area (Å²) in [6, 6.07) is 5.99. The van der Waals surface area contributed by atoms with Gasteiger partial charge in [-0.25, -0.2) is 0 Å². The zero-order valence-corrected chi connectivity index (χ0v) is 12.7. The molecule has 0 aromatic heterocycles. The minimum absolute atomic E-state index is 0.0663. The number of carbonyl (C=O) groups excluding carboxylic acids is 1. The third-order valence-corrected chi connectivity index (χ3v) is 4.19. The number of piperazine rings is 1. The molecule has 2 rings (SSSR count). The van der Waals surface area contributed by atoms with Crippen molar-refractivity contribution in [3.63, 3.8) is 0 Å². The largest absolute Gasteiger partial charge is 0.325 e. The first-order valence-corrected chi connectivity index (χ1v) is 7.22. The van der Waals surface area contributed by atoms with Crippen molar-refractivity contribution in [3.8, 4) is 0 Å². The van der Waals surface area contributed by atoms with Gasteiger partial charge in [-0.05, 0) is 47.2 Å². The fraction of sp³-hybridized carbons (Fsp3) is 0.462. The van der Waals surface area contributed by atoms with Gasteiger partial charge in [-0.3, -0.25) is 9.69 Å². The average Bonchev–Trinajstić information content (AvgIpc) is 2.35. The highest BCUT2D eigenvalue weighted by Crippen LogP contribution is 2.16. The summed E-state index contributed by atoms with van der Waals surface area (Å²) >= 11 is 2.28. The van der Waals surface area contributed by atoms with Crippen LogP contribution in [0.1, 0.15) is 5.56 Å². The average molecular weight is 359 g/mol. The maximum absolute atomic E-state index is 11.9. The molecular weight excluding hydrogens is 341 g/mol. The quantitative estimate of drug-likeness (QED) is 0.803. The second kappa shape index (κ2) is 6.49. The van der Waals surface area contributed by atoms with Crippen molar-refractivity contribution in [2.75, 3.05) is 38.0 Å². The maximum Gasteiger partial charge on any atom is 0.238 e. The molecule has 0 unspecified atom stereocenters. The van der Waals surface area contributed by atoms with E-state index in [0.29, 0.717) is 6.54 Å². The van der Waals surface area contributed by atoms with Crippen molar-refractivity contribution in [1.29, 1.82) is 0 Å². The van der Waals surface area contributed by atoms with Gasteiger partial charge in [0, 0.05) is 35.4 Å². The highest BCUT2D eigenvalue weighted by atomic mass is 127. The Bertz CT molecular complexity index is 430. The van der Waals surface area contributed by atoms with Gasteiger partial charge in [-0.1, -0.05) is 6.07 Å². The van der Waals surface area contributed by atoms with Crippen LogP contribution in [0.25, 0.3) is 0 Å². The summed E-state index contributed by atoms with van der Waals surface area (Å²) in [6.45, 7) is 6.36. The molecule has 1 aliphatic heterocycles. The van der Waals surface area contributed by atoms with Crippen LogP contribution in [-0.4, -0.2) is 43.5 Å². The standard InChI is InChI=1S/C13H18IN3O/c1-10-2-3-11(8-12(10)14)16-13(18)9-17-6-4-15-5-7-17/h2-3,8,15H,4-7,9H2,1H3,(H,16,18). The molecular formula is C13H18IN3O. The first-order chi connectivity index (χ1) is 8.65. The van der Waals surface area contributed by atoms with Gasteiger partial charge in [0.05, 0.1) is 6.54 Å². The second-order valence-corrected chi connectivity index (χ2v) is 5.70. The first-order valence-electron chi connectivity index (χ1n) is 6.14. The molecule has 1 amide bonds. The summed E-state index contributed by atoms with van der Waals surface area (Å²) in [5, 5.41) is 6.23. The molecule has 1 fully saturated rings. The van der Waals surface area contributed by atoms with E-state index in [1.807, 2.05) is 18.2 Å². The molecule has 1 saturated heterocycles. The van der Waals surface area contributed by atoms with Crippen LogP contribution >= 0.6 is 22.6 Å². The molecule has 0 spiro atoms. The zero-order valence-electron chi connectivity index (χ0n) is 10.5. The Morgan fingerprint density at radius 2 is 2.17 bits per heavy atom. The molecule has 0 radical (unpaired) electrons. The number of nitrogens with zero attached hydrogens (tertiary/aromatic N) is 1. The predicted octanol–water partition coefficient (Wildman–Crippen LogP) is 1.44. The Morgan fingerprint density at radius 3 is 2.83 bits per heavy atom. The molecule has 1 aliphatic rings. The van der Waals surface area contributed by atoms with Crippen molar-refractivity contribution in [1.82, 2.24) is 10.2 Å². The van der Waals surface area contributed by atoms with Crippen LogP contribution in [0.4, 0.5) is 5.69 Å². The van der Waals surface area contributed by atoms with Gasteiger partial charge in [0.2, 0.25) is 5.91 Å². The van der Waals surface area contributed by atoms with E-state index in [1.165, 1.54) is 9.13 Å². The van der Waals surface area contributed by atoms with Gasteiger partial charge in [0.1, 0.15) is 0 Å². The van der Waals surface area contributed by atoms with E-state index in [2.05, 4.69) is 45.0 Å². The Balaban J connectivity index is 1.88. The molecule has 5 heteroatoms. The highest BCUT2D eigenvalue weighted by molar-refractivity contribution is 14.1. The van der Waals surface area contributed by atoms with E-state index in [4.69, 9.17) is 0 Å². The minimum atomic E-state index is 0.0663. The van der Waals surface area contributed by atoms with Crippen LogP contribution in [-0.2, 0) is 4.79 Å².